The molecule has 0 aliphatic carbocycles. The Morgan fingerprint density at radius 2 is 1.95 bits per heavy atom. The number of amides is 1. The molecule has 2 saturated heterocycles. The van der Waals surface area contributed by atoms with Crippen LogP contribution in [0.5, 0.6) is 5.75 Å². The van der Waals surface area contributed by atoms with E-state index in [-0.39, 0.29) is 18.3 Å². The number of hydrogen-bond acceptors (Lipinski definition) is 3. The van der Waals surface area contributed by atoms with Gasteiger partial charge in [0, 0.05) is 30.7 Å². The van der Waals surface area contributed by atoms with Crippen LogP contribution in [0.15, 0.2) is 22.7 Å². The van der Waals surface area contributed by atoms with Crippen molar-refractivity contribution in [2.45, 2.75) is 43.8 Å². The number of halogens is 2. The first-order chi connectivity index (χ1) is 10.1. The second-order valence-corrected chi connectivity index (χ2v) is 6.88. The summed E-state index contributed by atoms with van der Waals surface area (Å²) in [5.41, 5.74) is 0.705. The van der Waals surface area contributed by atoms with E-state index in [1.807, 2.05) is 30.1 Å². The molecule has 2 aliphatic rings. The zero-order chi connectivity index (χ0) is 15.0. The third-order valence-corrected chi connectivity index (χ3v) is 5.33. The van der Waals surface area contributed by atoms with Gasteiger partial charge in [0.2, 0.25) is 0 Å². The number of nitrogens with one attached hydrogen (secondary N) is 1. The van der Waals surface area contributed by atoms with Crippen molar-refractivity contribution in [2.24, 2.45) is 0 Å². The van der Waals surface area contributed by atoms with Crippen LogP contribution < -0.4 is 10.1 Å². The van der Waals surface area contributed by atoms with Crippen LogP contribution >= 0.6 is 28.3 Å². The molecule has 2 heterocycles. The molecule has 2 aliphatic heterocycles. The van der Waals surface area contributed by atoms with Crippen molar-refractivity contribution in [3.8, 4) is 5.75 Å². The summed E-state index contributed by atoms with van der Waals surface area (Å²) >= 11 is 3.44. The summed E-state index contributed by atoms with van der Waals surface area (Å²) in [5.74, 6) is 0.832. The van der Waals surface area contributed by atoms with Crippen molar-refractivity contribution in [3.63, 3.8) is 0 Å². The Hall–Kier alpha value is -0.780. The van der Waals surface area contributed by atoms with Crippen LogP contribution in [0.1, 0.15) is 36.0 Å². The van der Waals surface area contributed by atoms with E-state index in [0.29, 0.717) is 23.7 Å². The van der Waals surface area contributed by atoms with E-state index in [1.165, 1.54) is 12.8 Å². The molecule has 2 atom stereocenters. The minimum atomic E-state index is 0. The fourth-order valence-corrected chi connectivity index (χ4v) is 4.05. The summed E-state index contributed by atoms with van der Waals surface area (Å²) in [6.07, 6.45) is 4.63. The van der Waals surface area contributed by atoms with Crippen LogP contribution in [0.4, 0.5) is 0 Å². The third kappa shape index (κ3) is 3.42. The van der Waals surface area contributed by atoms with E-state index in [2.05, 4.69) is 21.2 Å². The summed E-state index contributed by atoms with van der Waals surface area (Å²) < 4.78 is 6.03. The number of nitrogens with zero attached hydrogens (tertiary/aromatic N) is 1. The van der Waals surface area contributed by atoms with Crippen molar-refractivity contribution in [1.29, 1.82) is 0 Å². The standard InChI is InChI=1S/C16H21BrN2O2.ClH/c1-19(13-8-11-4-5-12(9-13)18-11)16(20)10-3-6-15(21-2)14(17)7-10;/h3,6-7,11-13,18H,4-5,8-9H2,1-2H3;1H. The first-order valence-corrected chi connectivity index (χ1v) is 8.24. The molecule has 0 aromatic heterocycles. The Kier molecular flexibility index (Phi) is 5.75. The highest BCUT2D eigenvalue weighted by molar-refractivity contribution is 9.10. The number of fused-ring (bicyclic) bond motifs is 2. The molecule has 1 amide bonds. The van der Waals surface area contributed by atoms with Gasteiger partial charge >= 0.3 is 0 Å². The van der Waals surface area contributed by atoms with Crippen LogP contribution in [0.3, 0.4) is 0 Å². The van der Waals surface area contributed by atoms with Gasteiger partial charge in [-0.1, -0.05) is 0 Å². The SMILES string of the molecule is COc1ccc(C(=O)N(C)C2CC3CCC(C2)N3)cc1Br.Cl. The number of piperidine rings is 1. The molecule has 6 heteroatoms. The zero-order valence-electron chi connectivity index (χ0n) is 12.8. The molecular weight excluding hydrogens is 368 g/mol. The van der Waals surface area contributed by atoms with Crippen molar-refractivity contribution < 1.29 is 9.53 Å². The second-order valence-electron chi connectivity index (χ2n) is 6.03. The molecule has 0 radical (unpaired) electrons. The van der Waals surface area contributed by atoms with Gasteiger partial charge in [0.25, 0.3) is 5.91 Å². The largest absolute Gasteiger partial charge is 0.496 e. The summed E-state index contributed by atoms with van der Waals surface area (Å²) in [6, 6.07) is 7.03. The highest BCUT2D eigenvalue weighted by atomic mass is 79.9. The Bertz CT molecular complexity index is 543. The van der Waals surface area contributed by atoms with Crippen molar-refractivity contribution in [3.05, 3.63) is 28.2 Å². The van der Waals surface area contributed by atoms with Crippen LogP contribution in [-0.2, 0) is 0 Å². The number of carbonyl (C=O) groups is 1. The van der Waals surface area contributed by atoms with Gasteiger partial charge in [0.05, 0.1) is 11.6 Å². The van der Waals surface area contributed by atoms with Crippen LogP contribution in [0, 0.1) is 0 Å². The average molecular weight is 390 g/mol. The normalized spacial score (nSPS) is 26.2. The lowest BCUT2D eigenvalue weighted by Crippen LogP contribution is -2.48. The first-order valence-electron chi connectivity index (χ1n) is 7.45. The smallest absolute Gasteiger partial charge is 0.253 e. The van der Waals surface area contributed by atoms with Gasteiger partial charge in [-0.25, -0.2) is 0 Å². The highest BCUT2D eigenvalue weighted by Crippen LogP contribution is 2.31. The van der Waals surface area contributed by atoms with Crippen LogP contribution in [0.2, 0.25) is 0 Å². The van der Waals surface area contributed by atoms with Crippen LogP contribution in [0.25, 0.3) is 0 Å². The Morgan fingerprint density at radius 3 is 2.50 bits per heavy atom. The zero-order valence-corrected chi connectivity index (χ0v) is 15.2. The maximum absolute atomic E-state index is 12.7. The molecule has 4 nitrogen and oxygen atoms in total. The number of methoxy groups -OCH3 is 1. The molecule has 2 bridgehead atoms. The van der Waals surface area contributed by atoms with E-state index in [9.17, 15) is 4.79 Å². The molecule has 1 aromatic rings. The quantitative estimate of drug-likeness (QED) is 0.863. The van der Waals surface area contributed by atoms with Gasteiger partial charge in [-0.2, -0.15) is 0 Å². The molecule has 3 rings (SSSR count). The lowest BCUT2D eigenvalue weighted by molar-refractivity contribution is 0.0681. The fourth-order valence-electron chi connectivity index (χ4n) is 3.51. The first kappa shape index (κ1) is 17.6. The number of ether oxygens (including phenoxy) is 1. The lowest BCUT2D eigenvalue weighted by atomic mass is 9.98. The second kappa shape index (κ2) is 7.20. The Morgan fingerprint density at radius 1 is 1.32 bits per heavy atom. The number of carbonyl (C=O) groups excluding carboxylic acids is 1. The molecule has 122 valence electrons. The maximum Gasteiger partial charge on any atom is 0.253 e. The van der Waals surface area contributed by atoms with Crippen LogP contribution in [-0.4, -0.2) is 43.1 Å². The van der Waals surface area contributed by atoms with Gasteiger partial charge in [0.1, 0.15) is 5.75 Å². The number of benzene rings is 1. The van der Waals surface area contributed by atoms with Gasteiger partial charge in [-0.15, -0.1) is 12.4 Å². The van der Waals surface area contributed by atoms with Gasteiger partial charge in [-0.05, 0) is 59.8 Å². The molecular formula is C16H22BrClN2O2. The predicted molar refractivity (Wildman–Crippen MR) is 93.0 cm³/mol. The predicted octanol–water partition coefficient (Wildman–Crippen LogP) is 3.23. The van der Waals surface area contributed by atoms with E-state index in [4.69, 9.17) is 4.74 Å². The van der Waals surface area contributed by atoms with Crippen molar-refractivity contribution in [1.82, 2.24) is 10.2 Å². The minimum absolute atomic E-state index is 0. The molecule has 1 aromatic carbocycles. The maximum atomic E-state index is 12.7. The lowest BCUT2D eigenvalue weighted by Gasteiger charge is -2.35. The monoisotopic (exact) mass is 388 g/mol. The summed E-state index contributed by atoms with van der Waals surface area (Å²) in [5, 5.41) is 3.62. The van der Waals surface area contributed by atoms with Gasteiger partial charge in [0.15, 0.2) is 0 Å². The summed E-state index contributed by atoms with van der Waals surface area (Å²) in [4.78, 5) is 14.6. The third-order valence-electron chi connectivity index (χ3n) is 4.71. The molecule has 0 spiro atoms. The minimum Gasteiger partial charge on any atom is -0.496 e. The van der Waals surface area contributed by atoms with E-state index in [1.54, 1.807) is 7.11 Å². The van der Waals surface area contributed by atoms with E-state index < -0.39 is 0 Å². The molecule has 1 N–H and O–H groups in total. The number of rotatable bonds is 3. The van der Waals surface area contributed by atoms with E-state index >= 15 is 0 Å². The van der Waals surface area contributed by atoms with Crippen molar-refractivity contribution in [2.75, 3.05) is 14.2 Å². The number of hydrogen-bond donors (Lipinski definition) is 1. The molecule has 2 fully saturated rings. The molecule has 2 unspecified atom stereocenters. The molecule has 0 saturated carbocycles. The van der Waals surface area contributed by atoms with Gasteiger partial charge in [-0.3, -0.25) is 4.79 Å². The van der Waals surface area contributed by atoms with Gasteiger partial charge < -0.3 is 15.0 Å². The Balaban J connectivity index is 0.00000176. The van der Waals surface area contributed by atoms with E-state index in [0.717, 1.165) is 23.1 Å². The summed E-state index contributed by atoms with van der Waals surface area (Å²) in [7, 11) is 3.55. The topological polar surface area (TPSA) is 41.6 Å². The summed E-state index contributed by atoms with van der Waals surface area (Å²) in [6.45, 7) is 0. The fraction of sp³-hybridized carbons (Fsp3) is 0.562. The molecule has 22 heavy (non-hydrogen) atoms. The average Bonchev–Trinajstić information content (AvgIpc) is 2.84. The highest BCUT2D eigenvalue weighted by Gasteiger charge is 2.36. The Labute approximate surface area is 146 Å². The van der Waals surface area contributed by atoms with Crippen molar-refractivity contribution >= 4 is 34.2 Å².